The Kier molecular flexibility index (Phi) is 8.07. The molecule has 0 aliphatic heterocycles. The number of hydrogen-bond donors (Lipinski definition) is 2. The van der Waals surface area contributed by atoms with Crippen LogP contribution in [0.15, 0.2) is 48.5 Å². The maximum atomic E-state index is 12.8. The number of benzene rings is 2. The lowest BCUT2D eigenvalue weighted by Gasteiger charge is -2.24. The zero-order valence-electron chi connectivity index (χ0n) is 17.3. The van der Waals surface area contributed by atoms with E-state index in [0.717, 1.165) is 5.56 Å². The van der Waals surface area contributed by atoms with Crippen molar-refractivity contribution in [1.29, 1.82) is 0 Å². The molecule has 0 saturated heterocycles. The van der Waals surface area contributed by atoms with Gasteiger partial charge in [0.15, 0.2) is 11.5 Å². The van der Waals surface area contributed by atoms with Crippen LogP contribution in [0.5, 0.6) is 11.5 Å². The molecule has 1 amide bonds. The molecule has 156 valence electrons. The normalized spacial score (nSPS) is 12.9. The van der Waals surface area contributed by atoms with Crippen LogP contribution in [-0.2, 0) is 9.59 Å². The summed E-state index contributed by atoms with van der Waals surface area (Å²) in [7, 11) is 3.04. The van der Waals surface area contributed by atoms with Crippen molar-refractivity contribution in [3.05, 3.63) is 59.7 Å². The van der Waals surface area contributed by atoms with E-state index in [1.54, 1.807) is 18.2 Å². The molecular weight excluding hydrogens is 370 g/mol. The molecule has 0 fully saturated rings. The molecule has 0 aliphatic carbocycles. The Morgan fingerprint density at radius 1 is 0.931 bits per heavy atom. The first kappa shape index (κ1) is 22.3. The fourth-order valence-electron chi connectivity index (χ4n) is 3.39. The van der Waals surface area contributed by atoms with Gasteiger partial charge in [-0.3, -0.25) is 9.59 Å². The summed E-state index contributed by atoms with van der Waals surface area (Å²) >= 11 is 0. The second kappa shape index (κ2) is 10.5. The number of amides is 1. The van der Waals surface area contributed by atoms with E-state index in [4.69, 9.17) is 9.47 Å². The average Bonchev–Trinajstić information content (AvgIpc) is 2.71. The van der Waals surface area contributed by atoms with Crippen molar-refractivity contribution in [2.24, 2.45) is 5.92 Å². The van der Waals surface area contributed by atoms with Crippen molar-refractivity contribution in [1.82, 2.24) is 5.32 Å². The second-order valence-electron chi connectivity index (χ2n) is 7.30. The summed E-state index contributed by atoms with van der Waals surface area (Å²) in [5.41, 5.74) is 1.75. The van der Waals surface area contributed by atoms with E-state index in [1.165, 1.54) is 14.2 Å². The van der Waals surface area contributed by atoms with Crippen LogP contribution >= 0.6 is 0 Å². The van der Waals surface area contributed by atoms with Crippen molar-refractivity contribution < 1.29 is 24.2 Å². The van der Waals surface area contributed by atoms with E-state index >= 15 is 0 Å². The van der Waals surface area contributed by atoms with Crippen LogP contribution in [0.1, 0.15) is 49.8 Å². The van der Waals surface area contributed by atoms with E-state index in [0.29, 0.717) is 17.1 Å². The highest BCUT2D eigenvalue weighted by atomic mass is 16.5. The maximum Gasteiger partial charge on any atom is 0.305 e. The molecule has 2 atom stereocenters. The number of carboxylic acids is 1. The topological polar surface area (TPSA) is 84.9 Å². The standard InChI is InChI=1S/C23H29NO5/c1-15(2)18(16-8-6-5-7-9-16)13-22(25)24-19(14-23(26)27)17-10-11-20(28-3)21(12-17)29-4/h5-12,15,18-19H,13-14H2,1-4H3,(H,24,25)(H,26,27). The Labute approximate surface area is 171 Å². The molecule has 2 N–H and O–H groups in total. The first-order valence-corrected chi connectivity index (χ1v) is 9.63. The van der Waals surface area contributed by atoms with E-state index in [-0.39, 0.29) is 30.6 Å². The number of hydrogen-bond acceptors (Lipinski definition) is 4. The minimum absolute atomic E-state index is 0.0482. The van der Waals surface area contributed by atoms with Gasteiger partial charge in [0.05, 0.1) is 26.7 Å². The molecule has 0 heterocycles. The lowest BCUT2D eigenvalue weighted by Crippen LogP contribution is -2.32. The molecule has 0 spiro atoms. The Balaban J connectivity index is 2.21. The lowest BCUT2D eigenvalue weighted by atomic mass is 9.85. The molecule has 2 rings (SSSR count). The van der Waals surface area contributed by atoms with Gasteiger partial charge in [0.1, 0.15) is 0 Å². The van der Waals surface area contributed by atoms with Gasteiger partial charge in [-0.2, -0.15) is 0 Å². The number of rotatable bonds is 10. The number of aliphatic carboxylic acids is 1. The Hall–Kier alpha value is -3.02. The van der Waals surface area contributed by atoms with Gasteiger partial charge in [-0.05, 0) is 35.1 Å². The fourth-order valence-corrected chi connectivity index (χ4v) is 3.39. The minimum Gasteiger partial charge on any atom is -0.493 e. The summed E-state index contributed by atoms with van der Waals surface area (Å²) in [5, 5.41) is 12.2. The van der Waals surface area contributed by atoms with Gasteiger partial charge in [0.2, 0.25) is 5.91 Å². The highest BCUT2D eigenvalue weighted by Crippen LogP contribution is 2.32. The van der Waals surface area contributed by atoms with Gasteiger partial charge in [-0.25, -0.2) is 0 Å². The maximum absolute atomic E-state index is 12.8. The molecule has 2 aromatic rings. The van der Waals surface area contributed by atoms with Gasteiger partial charge in [-0.1, -0.05) is 50.2 Å². The smallest absolute Gasteiger partial charge is 0.305 e. The number of ether oxygens (including phenoxy) is 2. The zero-order chi connectivity index (χ0) is 21.4. The third-order valence-electron chi connectivity index (χ3n) is 4.96. The number of carboxylic acid groups (broad SMARTS) is 1. The van der Waals surface area contributed by atoms with E-state index in [2.05, 4.69) is 19.2 Å². The second-order valence-corrected chi connectivity index (χ2v) is 7.30. The molecular formula is C23H29NO5. The molecule has 0 bridgehead atoms. The number of methoxy groups -OCH3 is 2. The molecule has 29 heavy (non-hydrogen) atoms. The van der Waals surface area contributed by atoms with Gasteiger partial charge >= 0.3 is 5.97 Å². The van der Waals surface area contributed by atoms with Crippen LogP contribution in [0.2, 0.25) is 0 Å². The summed E-state index contributed by atoms with van der Waals surface area (Å²) in [6.07, 6.45) is 0.0595. The van der Waals surface area contributed by atoms with Crippen LogP contribution in [0.3, 0.4) is 0 Å². The molecule has 6 nitrogen and oxygen atoms in total. The summed E-state index contributed by atoms with van der Waals surface area (Å²) in [4.78, 5) is 24.2. The lowest BCUT2D eigenvalue weighted by molar-refractivity contribution is -0.137. The summed E-state index contributed by atoms with van der Waals surface area (Å²) in [6.45, 7) is 4.15. The van der Waals surface area contributed by atoms with Crippen LogP contribution < -0.4 is 14.8 Å². The SMILES string of the molecule is COc1ccc(C(CC(=O)O)NC(=O)CC(c2ccccc2)C(C)C)cc1OC. The van der Waals surface area contributed by atoms with Crippen LogP contribution in [-0.4, -0.2) is 31.2 Å². The average molecular weight is 399 g/mol. The van der Waals surface area contributed by atoms with E-state index in [9.17, 15) is 14.7 Å². The summed E-state index contributed by atoms with van der Waals surface area (Å²) in [6, 6.07) is 14.4. The predicted octanol–water partition coefficient (Wildman–Crippen LogP) is 4.17. The Morgan fingerprint density at radius 3 is 2.14 bits per heavy atom. The van der Waals surface area contributed by atoms with Crippen molar-refractivity contribution in [2.45, 2.75) is 38.6 Å². The third-order valence-corrected chi connectivity index (χ3v) is 4.96. The highest BCUT2D eigenvalue weighted by molar-refractivity contribution is 5.78. The molecule has 0 saturated carbocycles. The molecule has 6 heteroatoms. The van der Waals surface area contributed by atoms with Crippen LogP contribution in [0, 0.1) is 5.92 Å². The molecule has 0 radical (unpaired) electrons. The van der Waals surface area contributed by atoms with E-state index in [1.807, 2.05) is 30.3 Å². The van der Waals surface area contributed by atoms with Crippen molar-refractivity contribution >= 4 is 11.9 Å². The largest absolute Gasteiger partial charge is 0.493 e. The summed E-state index contributed by atoms with van der Waals surface area (Å²) < 4.78 is 10.5. The number of carbonyl (C=O) groups is 2. The zero-order valence-corrected chi connectivity index (χ0v) is 17.3. The van der Waals surface area contributed by atoms with Crippen molar-refractivity contribution in [3.8, 4) is 11.5 Å². The van der Waals surface area contributed by atoms with Gasteiger partial charge in [-0.15, -0.1) is 0 Å². The van der Waals surface area contributed by atoms with Gasteiger partial charge < -0.3 is 19.9 Å². The summed E-state index contributed by atoms with van der Waals surface area (Å²) in [5.74, 6) is 0.163. The highest BCUT2D eigenvalue weighted by Gasteiger charge is 2.24. The van der Waals surface area contributed by atoms with Gasteiger partial charge in [0.25, 0.3) is 0 Å². The first-order chi connectivity index (χ1) is 13.8. The predicted molar refractivity (Wildman–Crippen MR) is 111 cm³/mol. The third kappa shape index (κ3) is 6.24. The molecule has 0 aromatic heterocycles. The van der Waals surface area contributed by atoms with Crippen LogP contribution in [0.4, 0.5) is 0 Å². The number of carbonyl (C=O) groups excluding carboxylic acids is 1. The Morgan fingerprint density at radius 2 is 1.59 bits per heavy atom. The minimum atomic E-state index is -0.992. The van der Waals surface area contributed by atoms with Gasteiger partial charge in [0, 0.05) is 6.42 Å². The first-order valence-electron chi connectivity index (χ1n) is 9.63. The van der Waals surface area contributed by atoms with Crippen LogP contribution in [0.25, 0.3) is 0 Å². The Bertz CT molecular complexity index is 819. The van der Waals surface area contributed by atoms with Crippen molar-refractivity contribution in [2.75, 3.05) is 14.2 Å². The van der Waals surface area contributed by atoms with E-state index < -0.39 is 12.0 Å². The molecule has 2 unspecified atom stereocenters. The molecule has 2 aromatic carbocycles. The number of nitrogens with one attached hydrogen (secondary N) is 1. The monoisotopic (exact) mass is 399 g/mol. The van der Waals surface area contributed by atoms with Crippen molar-refractivity contribution in [3.63, 3.8) is 0 Å². The molecule has 0 aliphatic rings. The fraction of sp³-hybridized carbons (Fsp3) is 0.391. The quantitative estimate of drug-likeness (QED) is 0.626.